The van der Waals surface area contributed by atoms with Gasteiger partial charge in [-0.05, 0) is 42.4 Å². The van der Waals surface area contributed by atoms with Gasteiger partial charge in [0.1, 0.15) is 5.75 Å². The summed E-state index contributed by atoms with van der Waals surface area (Å²) in [6.07, 6.45) is 2.83. The van der Waals surface area contributed by atoms with Crippen molar-refractivity contribution >= 4 is 28.8 Å². The molecule has 1 amide bonds. The second kappa shape index (κ2) is 10.4. The normalized spacial score (nSPS) is 22.0. The highest BCUT2D eigenvalue weighted by Crippen LogP contribution is 2.45. The molecule has 8 nitrogen and oxygen atoms in total. The summed E-state index contributed by atoms with van der Waals surface area (Å²) in [5.41, 5.74) is 2.81. The molecule has 3 aliphatic rings. The van der Waals surface area contributed by atoms with Crippen LogP contribution in [0.1, 0.15) is 44.2 Å². The van der Waals surface area contributed by atoms with E-state index in [0.29, 0.717) is 30.0 Å². The molecule has 0 aromatic heterocycles. The smallest absolute Gasteiger partial charge is 0.338 e. The van der Waals surface area contributed by atoms with Gasteiger partial charge in [-0.1, -0.05) is 30.8 Å². The number of esters is 1. The van der Waals surface area contributed by atoms with Crippen molar-refractivity contribution in [2.75, 3.05) is 27.4 Å². The Morgan fingerprint density at radius 1 is 1.33 bits per heavy atom. The highest BCUT2D eigenvalue weighted by Gasteiger charge is 2.41. The Labute approximate surface area is 198 Å². The maximum Gasteiger partial charge on any atom is 0.338 e. The van der Waals surface area contributed by atoms with Crippen LogP contribution in [-0.4, -0.2) is 55.4 Å². The van der Waals surface area contributed by atoms with Crippen LogP contribution in [0.25, 0.3) is 0 Å². The Bertz CT molecular complexity index is 1010. The summed E-state index contributed by atoms with van der Waals surface area (Å²) in [7, 11) is 2.98. The molecule has 1 saturated heterocycles. The molecule has 1 aromatic carbocycles. The standard InChI is InChI=1S/C24H29N3O5S/c1-4-19-21(23(29)31-3)22(15-7-5-8-17(11-15)30-2)27-16(14-33-24(27)26-19)12-20(28)25-13-18-9-6-10-32-18/h5,7-8,11,14,18,22H,4,6,9-10,12-13H2,1-3H3,(H,25,28)/t18-,22+/m0/s1. The predicted octanol–water partition coefficient (Wildman–Crippen LogP) is 3.52. The number of thioether (sulfide) groups is 1. The van der Waals surface area contributed by atoms with Gasteiger partial charge in [0, 0.05) is 18.8 Å². The van der Waals surface area contributed by atoms with Gasteiger partial charge < -0.3 is 24.4 Å². The zero-order valence-electron chi connectivity index (χ0n) is 19.1. The molecule has 0 radical (unpaired) electrons. The maximum atomic E-state index is 12.9. The number of ether oxygens (including phenoxy) is 3. The van der Waals surface area contributed by atoms with E-state index in [9.17, 15) is 9.59 Å². The number of carbonyl (C=O) groups is 2. The molecule has 9 heteroatoms. The fourth-order valence-corrected chi connectivity index (χ4v) is 5.24. The van der Waals surface area contributed by atoms with Crippen LogP contribution in [0, 0.1) is 0 Å². The number of carbonyl (C=O) groups excluding carboxylic acids is 2. The molecule has 33 heavy (non-hydrogen) atoms. The number of hydrogen-bond donors (Lipinski definition) is 1. The monoisotopic (exact) mass is 471 g/mol. The lowest BCUT2D eigenvalue weighted by Gasteiger charge is -2.36. The van der Waals surface area contributed by atoms with Gasteiger partial charge in [0.2, 0.25) is 5.91 Å². The predicted molar refractivity (Wildman–Crippen MR) is 127 cm³/mol. The summed E-state index contributed by atoms with van der Waals surface area (Å²) in [6.45, 7) is 3.22. The minimum atomic E-state index is -0.470. The fraction of sp³-hybridized carbons (Fsp3) is 0.458. The van der Waals surface area contributed by atoms with Crippen LogP contribution in [0.15, 0.2) is 51.6 Å². The molecule has 4 rings (SSSR count). The van der Waals surface area contributed by atoms with Crippen molar-refractivity contribution in [1.82, 2.24) is 10.2 Å². The van der Waals surface area contributed by atoms with Crippen molar-refractivity contribution in [3.05, 3.63) is 52.2 Å². The zero-order chi connectivity index (χ0) is 23.4. The second-order valence-electron chi connectivity index (χ2n) is 7.99. The van der Waals surface area contributed by atoms with Gasteiger partial charge in [0.25, 0.3) is 0 Å². The zero-order valence-corrected chi connectivity index (χ0v) is 19.9. The van der Waals surface area contributed by atoms with Gasteiger partial charge in [-0.15, -0.1) is 0 Å². The van der Waals surface area contributed by atoms with Crippen molar-refractivity contribution in [2.45, 2.75) is 44.8 Å². The minimum absolute atomic E-state index is 0.0819. The highest BCUT2D eigenvalue weighted by molar-refractivity contribution is 8.16. The molecule has 176 valence electrons. The number of fused-ring (bicyclic) bond motifs is 1. The first kappa shape index (κ1) is 23.4. The summed E-state index contributed by atoms with van der Waals surface area (Å²) < 4.78 is 16.2. The maximum absolute atomic E-state index is 12.9. The first-order valence-corrected chi connectivity index (χ1v) is 12.0. The molecule has 0 spiro atoms. The summed E-state index contributed by atoms with van der Waals surface area (Å²) >= 11 is 1.46. The van der Waals surface area contributed by atoms with Crippen LogP contribution < -0.4 is 10.1 Å². The van der Waals surface area contributed by atoms with E-state index in [-0.39, 0.29) is 18.4 Å². The molecule has 0 aliphatic carbocycles. The van der Waals surface area contributed by atoms with E-state index in [1.54, 1.807) is 7.11 Å². The third kappa shape index (κ3) is 4.94. The van der Waals surface area contributed by atoms with E-state index in [2.05, 4.69) is 5.32 Å². The lowest BCUT2D eigenvalue weighted by Crippen LogP contribution is -2.39. The Morgan fingerprint density at radius 2 is 2.18 bits per heavy atom. The Hall–Kier alpha value is -2.78. The summed E-state index contributed by atoms with van der Waals surface area (Å²) in [6, 6.07) is 7.13. The van der Waals surface area contributed by atoms with E-state index < -0.39 is 12.0 Å². The summed E-state index contributed by atoms with van der Waals surface area (Å²) in [5.74, 6) is 0.167. The Balaban J connectivity index is 1.64. The van der Waals surface area contributed by atoms with Crippen LogP contribution in [0.4, 0.5) is 0 Å². The van der Waals surface area contributed by atoms with Crippen LogP contribution in [-0.2, 0) is 19.1 Å². The van der Waals surface area contributed by atoms with E-state index in [1.165, 1.54) is 18.9 Å². The molecule has 3 heterocycles. The molecule has 3 aliphatic heterocycles. The van der Waals surface area contributed by atoms with Gasteiger partial charge in [-0.25, -0.2) is 9.79 Å². The number of amidine groups is 1. The van der Waals surface area contributed by atoms with E-state index in [1.807, 2.05) is 41.5 Å². The quantitative estimate of drug-likeness (QED) is 0.580. The Morgan fingerprint density at radius 3 is 2.88 bits per heavy atom. The number of methoxy groups -OCH3 is 2. The van der Waals surface area contributed by atoms with Crippen molar-refractivity contribution in [2.24, 2.45) is 4.99 Å². The number of allylic oxidation sites excluding steroid dienone is 1. The van der Waals surface area contributed by atoms with Gasteiger partial charge in [0.15, 0.2) is 5.17 Å². The van der Waals surface area contributed by atoms with Crippen molar-refractivity contribution in [1.29, 1.82) is 0 Å². The molecular weight excluding hydrogens is 442 g/mol. The number of benzene rings is 1. The third-order valence-corrected chi connectivity index (χ3v) is 6.82. The molecule has 0 saturated carbocycles. The molecule has 0 bridgehead atoms. The van der Waals surface area contributed by atoms with Crippen LogP contribution in [0.2, 0.25) is 0 Å². The average Bonchev–Trinajstić information content (AvgIpc) is 3.51. The van der Waals surface area contributed by atoms with Gasteiger partial charge in [-0.3, -0.25) is 4.79 Å². The topological polar surface area (TPSA) is 89.5 Å². The fourth-order valence-electron chi connectivity index (χ4n) is 4.30. The average molecular weight is 472 g/mol. The molecule has 1 aromatic rings. The lowest BCUT2D eigenvalue weighted by molar-refractivity contribution is -0.136. The third-order valence-electron chi connectivity index (χ3n) is 5.93. The summed E-state index contributed by atoms with van der Waals surface area (Å²) in [4.78, 5) is 32.4. The number of rotatable bonds is 8. The molecule has 1 N–H and O–H groups in total. The van der Waals surface area contributed by atoms with Crippen LogP contribution in [0.5, 0.6) is 5.75 Å². The molecular formula is C24H29N3O5S. The van der Waals surface area contributed by atoms with E-state index in [4.69, 9.17) is 19.2 Å². The highest BCUT2D eigenvalue weighted by atomic mass is 32.2. The van der Waals surface area contributed by atoms with Gasteiger partial charge in [-0.2, -0.15) is 0 Å². The number of amides is 1. The van der Waals surface area contributed by atoms with E-state index >= 15 is 0 Å². The van der Waals surface area contributed by atoms with E-state index in [0.717, 1.165) is 35.9 Å². The number of nitrogens with one attached hydrogen (secondary N) is 1. The second-order valence-corrected chi connectivity index (χ2v) is 8.83. The summed E-state index contributed by atoms with van der Waals surface area (Å²) in [5, 5.41) is 5.66. The largest absolute Gasteiger partial charge is 0.497 e. The van der Waals surface area contributed by atoms with Gasteiger partial charge in [0.05, 0.1) is 44.1 Å². The van der Waals surface area contributed by atoms with Gasteiger partial charge >= 0.3 is 5.97 Å². The molecule has 0 unspecified atom stereocenters. The van der Waals surface area contributed by atoms with Crippen molar-refractivity contribution in [3.8, 4) is 5.75 Å². The van der Waals surface area contributed by atoms with Crippen LogP contribution in [0.3, 0.4) is 0 Å². The van der Waals surface area contributed by atoms with Crippen LogP contribution >= 0.6 is 11.8 Å². The minimum Gasteiger partial charge on any atom is -0.497 e. The number of hydrogen-bond acceptors (Lipinski definition) is 8. The SMILES string of the molecule is CCC1=C(C(=O)OC)[C@@H](c2cccc(OC)c2)N2C(CC(=O)NC[C@@H]3CCCO3)=CSC2=N1. The first-order valence-electron chi connectivity index (χ1n) is 11.1. The van der Waals surface area contributed by atoms with Crippen molar-refractivity contribution in [3.63, 3.8) is 0 Å². The lowest BCUT2D eigenvalue weighted by atomic mass is 9.92. The first-order chi connectivity index (χ1) is 16.0. The Kier molecular flexibility index (Phi) is 7.39. The number of aliphatic imine (C=N–C) groups is 1. The molecule has 1 fully saturated rings. The van der Waals surface area contributed by atoms with Crippen molar-refractivity contribution < 1.29 is 23.8 Å². The number of nitrogens with zero attached hydrogens (tertiary/aromatic N) is 2. The molecule has 2 atom stereocenters.